The Bertz CT molecular complexity index is 911. The van der Waals surface area contributed by atoms with Gasteiger partial charge in [0.15, 0.2) is 0 Å². The summed E-state index contributed by atoms with van der Waals surface area (Å²) in [6.45, 7) is 2.70. The van der Waals surface area contributed by atoms with E-state index in [1.165, 1.54) is 30.5 Å². The van der Waals surface area contributed by atoms with Crippen LogP contribution in [0.1, 0.15) is 41.8 Å². The molecular weight excluding hydrogens is 377 g/mol. The molecule has 3 amide bonds. The minimum atomic E-state index is -0.587. The number of fused-ring (bicyclic) bond motifs is 1. The molecule has 0 radical (unpaired) electrons. The molecule has 1 aliphatic heterocycles. The van der Waals surface area contributed by atoms with E-state index in [1.807, 2.05) is 4.90 Å². The van der Waals surface area contributed by atoms with Crippen molar-refractivity contribution in [3.63, 3.8) is 0 Å². The van der Waals surface area contributed by atoms with Crippen LogP contribution in [0.3, 0.4) is 0 Å². The van der Waals surface area contributed by atoms with Gasteiger partial charge >= 0.3 is 6.03 Å². The quantitative estimate of drug-likeness (QED) is 0.809. The average molecular weight is 401 g/mol. The first kappa shape index (κ1) is 19.4. The first-order valence-electron chi connectivity index (χ1n) is 9.87. The van der Waals surface area contributed by atoms with E-state index in [9.17, 15) is 14.0 Å². The Morgan fingerprint density at radius 3 is 2.79 bits per heavy atom. The van der Waals surface area contributed by atoms with E-state index in [4.69, 9.17) is 9.15 Å². The van der Waals surface area contributed by atoms with Gasteiger partial charge in [-0.2, -0.15) is 0 Å². The number of anilines is 2. The zero-order valence-corrected chi connectivity index (χ0v) is 16.2. The molecule has 2 N–H and O–H groups in total. The molecule has 0 bridgehead atoms. The van der Waals surface area contributed by atoms with Gasteiger partial charge in [-0.3, -0.25) is 4.79 Å². The maximum absolute atomic E-state index is 14.2. The van der Waals surface area contributed by atoms with Crippen LogP contribution in [0.5, 0.6) is 0 Å². The second-order valence-corrected chi connectivity index (χ2v) is 7.42. The topological polar surface area (TPSA) is 83.8 Å². The SMILES string of the molecule is Cc1occc1C(=O)Nc1cc(NC(=O)N2CCOC3CCCCC32)ccc1F. The number of amides is 3. The molecule has 1 saturated carbocycles. The molecule has 2 atom stereocenters. The van der Waals surface area contributed by atoms with E-state index >= 15 is 0 Å². The summed E-state index contributed by atoms with van der Waals surface area (Å²) in [5, 5.41) is 5.36. The van der Waals surface area contributed by atoms with Gasteiger partial charge in [-0.25, -0.2) is 9.18 Å². The number of aryl methyl sites for hydroxylation is 1. The van der Waals surface area contributed by atoms with Crippen molar-refractivity contribution in [1.82, 2.24) is 4.90 Å². The number of carbonyl (C=O) groups excluding carboxylic acids is 2. The van der Waals surface area contributed by atoms with E-state index in [2.05, 4.69) is 10.6 Å². The van der Waals surface area contributed by atoms with Gasteiger partial charge in [0.1, 0.15) is 11.6 Å². The molecule has 2 fully saturated rings. The van der Waals surface area contributed by atoms with Gasteiger partial charge in [-0.15, -0.1) is 0 Å². The summed E-state index contributed by atoms with van der Waals surface area (Å²) in [5.74, 6) is -0.616. The van der Waals surface area contributed by atoms with Crippen LogP contribution in [0.25, 0.3) is 0 Å². The van der Waals surface area contributed by atoms with Crippen molar-refractivity contribution in [2.75, 3.05) is 23.8 Å². The average Bonchev–Trinajstić information content (AvgIpc) is 3.16. The zero-order chi connectivity index (χ0) is 20.4. The van der Waals surface area contributed by atoms with Crippen LogP contribution in [0.4, 0.5) is 20.6 Å². The lowest BCUT2D eigenvalue weighted by Gasteiger charge is -2.43. The minimum absolute atomic E-state index is 0.00841. The fraction of sp³-hybridized carbons (Fsp3) is 0.429. The van der Waals surface area contributed by atoms with Gasteiger partial charge in [-0.05, 0) is 44.0 Å². The highest BCUT2D eigenvalue weighted by atomic mass is 19.1. The summed E-state index contributed by atoms with van der Waals surface area (Å²) in [6, 6.07) is 5.47. The molecule has 2 unspecified atom stereocenters. The third-order valence-electron chi connectivity index (χ3n) is 5.56. The molecule has 1 aliphatic carbocycles. The molecular formula is C21H24FN3O4. The molecule has 2 aromatic rings. The van der Waals surface area contributed by atoms with E-state index in [-0.39, 0.29) is 23.9 Å². The highest BCUT2D eigenvalue weighted by Crippen LogP contribution is 2.29. The molecule has 1 aromatic heterocycles. The number of halogens is 1. The zero-order valence-electron chi connectivity index (χ0n) is 16.2. The highest BCUT2D eigenvalue weighted by Gasteiger charge is 2.36. The molecule has 1 aromatic carbocycles. The summed E-state index contributed by atoms with van der Waals surface area (Å²) >= 11 is 0. The van der Waals surface area contributed by atoms with Crippen molar-refractivity contribution < 1.29 is 23.1 Å². The van der Waals surface area contributed by atoms with Crippen molar-refractivity contribution in [1.29, 1.82) is 0 Å². The number of furan rings is 1. The minimum Gasteiger partial charge on any atom is -0.469 e. The Balaban J connectivity index is 1.46. The lowest BCUT2D eigenvalue weighted by atomic mass is 9.90. The summed E-state index contributed by atoms with van der Waals surface area (Å²) in [6.07, 6.45) is 5.58. The number of morpholine rings is 1. The van der Waals surface area contributed by atoms with E-state index in [0.29, 0.717) is 30.2 Å². The Hall–Kier alpha value is -2.87. The second-order valence-electron chi connectivity index (χ2n) is 7.42. The van der Waals surface area contributed by atoms with E-state index in [0.717, 1.165) is 25.7 Å². The molecule has 7 nitrogen and oxygen atoms in total. The van der Waals surface area contributed by atoms with Crippen LogP contribution in [-0.4, -0.2) is 42.1 Å². The standard InChI is InChI=1S/C21H24FN3O4/c1-13-15(8-10-28-13)20(26)24-17-12-14(6-7-16(17)22)23-21(27)25-9-11-29-19-5-3-2-4-18(19)25/h6-8,10,12,18-19H,2-5,9,11H2,1H3,(H,23,27)(H,24,26). The molecule has 1 saturated heterocycles. The predicted molar refractivity (Wildman–Crippen MR) is 106 cm³/mol. The lowest BCUT2D eigenvalue weighted by Crippen LogP contribution is -2.55. The molecule has 154 valence electrons. The van der Waals surface area contributed by atoms with Gasteiger partial charge in [0.25, 0.3) is 5.91 Å². The molecule has 29 heavy (non-hydrogen) atoms. The number of carbonyl (C=O) groups is 2. The summed E-state index contributed by atoms with van der Waals surface area (Å²) in [4.78, 5) is 27.0. The molecule has 2 aliphatic rings. The van der Waals surface area contributed by atoms with E-state index < -0.39 is 11.7 Å². The number of hydrogen-bond acceptors (Lipinski definition) is 4. The maximum atomic E-state index is 14.2. The number of nitrogens with zero attached hydrogens (tertiary/aromatic N) is 1. The third kappa shape index (κ3) is 4.12. The number of hydrogen-bond donors (Lipinski definition) is 2. The summed E-state index contributed by atoms with van der Waals surface area (Å²) in [7, 11) is 0. The van der Waals surface area contributed by atoms with Crippen molar-refractivity contribution in [3.05, 3.63) is 47.7 Å². The smallest absolute Gasteiger partial charge is 0.322 e. The number of nitrogens with one attached hydrogen (secondary N) is 2. The first-order valence-corrected chi connectivity index (χ1v) is 9.87. The molecule has 2 heterocycles. The van der Waals surface area contributed by atoms with Crippen molar-refractivity contribution >= 4 is 23.3 Å². The fourth-order valence-corrected chi connectivity index (χ4v) is 4.05. The second kappa shape index (κ2) is 8.24. The number of rotatable bonds is 3. The van der Waals surface area contributed by atoms with Crippen LogP contribution in [0.15, 0.2) is 34.9 Å². The van der Waals surface area contributed by atoms with Crippen molar-refractivity contribution in [3.8, 4) is 0 Å². The Kier molecular flexibility index (Phi) is 5.53. The normalized spacial score (nSPS) is 21.4. The fourth-order valence-electron chi connectivity index (χ4n) is 4.05. The highest BCUT2D eigenvalue weighted by molar-refractivity contribution is 6.05. The summed E-state index contributed by atoms with van der Waals surface area (Å²) in [5.41, 5.74) is 0.732. The Morgan fingerprint density at radius 1 is 1.17 bits per heavy atom. The molecule has 8 heteroatoms. The molecule has 0 spiro atoms. The van der Waals surface area contributed by atoms with Crippen LogP contribution in [0, 0.1) is 12.7 Å². The Labute approximate surface area is 168 Å². The number of benzene rings is 1. The van der Waals surface area contributed by atoms with Gasteiger partial charge < -0.3 is 24.7 Å². The predicted octanol–water partition coefficient (Wildman–Crippen LogP) is 4.15. The lowest BCUT2D eigenvalue weighted by molar-refractivity contribution is -0.0694. The van der Waals surface area contributed by atoms with Gasteiger partial charge in [0, 0.05) is 12.2 Å². The first-order chi connectivity index (χ1) is 14.0. The molecule has 4 rings (SSSR count). The van der Waals surface area contributed by atoms with Crippen LogP contribution in [0.2, 0.25) is 0 Å². The van der Waals surface area contributed by atoms with Gasteiger partial charge in [0.05, 0.1) is 36.3 Å². The number of ether oxygens (including phenoxy) is 1. The van der Waals surface area contributed by atoms with Gasteiger partial charge in [0.2, 0.25) is 0 Å². The number of urea groups is 1. The van der Waals surface area contributed by atoms with Crippen LogP contribution < -0.4 is 10.6 Å². The third-order valence-corrected chi connectivity index (χ3v) is 5.56. The van der Waals surface area contributed by atoms with Crippen molar-refractivity contribution in [2.45, 2.75) is 44.8 Å². The summed E-state index contributed by atoms with van der Waals surface area (Å²) < 4.78 is 25.1. The van der Waals surface area contributed by atoms with Crippen molar-refractivity contribution in [2.24, 2.45) is 0 Å². The van der Waals surface area contributed by atoms with Crippen LogP contribution in [-0.2, 0) is 4.74 Å². The van der Waals surface area contributed by atoms with Gasteiger partial charge in [-0.1, -0.05) is 12.8 Å². The van der Waals surface area contributed by atoms with E-state index in [1.54, 1.807) is 6.92 Å². The largest absolute Gasteiger partial charge is 0.469 e. The maximum Gasteiger partial charge on any atom is 0.322 e. The van der Waals surface area contributed by atoms with Crippen LogP contribution >= 0.6 is 0 Å². The monoisotopic (exact) mass is 401 g/mol. The Morgan fingerprint density at radius 2 is 2.00 bits per heavy atom.